The van der Waals surface area contributed by atoms with Crippen molar-refractivity contribution in [2.75, 3.05) is 11.9 Å². The van der Waals surface area contributed by atoms with Gasteiger partial charge in [0.05, 0.1) is 4.34 Å². The summed E-state index contributed by atoms with van der Waals surface area (Å²) in [5, 5.41) is 3.37. The van der Waals surface area contributed by atoms with Crippen molar-refractivity contribution < 1.29 is 8.42 Å². The summed E-state index contributed by atoms with van der Waals surface area (Å²) in [6.45, 7) is 2.32. The second-order valence-corrected chi connectivity index (χ2v) is 6.13. The van der Waals surface area contributed by atoms with Gasteiger partial charge >= 0.3 is 0 Å². The van der Waals surface area contributed by atoms with Gasteiger partial charge in [0, 0.05) is 6.54 Å². The summed E-state index contributed by atoms with van der Waals surface area (Å²) in [7, 11) is -3.51. The highest BCUT2D eigenvalue weighted by molar-refractivity contribution is 7.90. The summed E-state index contributed by atoms with van der Waals surface area (Å²) >= 11 is 6.93. The van der Waals surface area contributed by atoms with Gasteiger partial charge in [0.25, 0.3) is 10.0 Å². The maximum absolute atomic E-state index is 11.7. The average Bonchev–Trinajstić information content (AvgIpc) is 2.46. The number of hydrogen-bond acceptors (Lipinski definition) is 4. The monoisotopic (exact) mass is 265 g/mol. The van der Waals surface area contributed by atoms with Crippen LogP contribution in [0.1, 0.15) is 6.92 Å². The molecule has 0 unspecified atom stereocenters. The lowest BCUT2D eigenvalue weighted by Crippen LogP contribution is -2.40. The van der Waals surface area contributed by atoms with E-state index < -0.39 is 10.0 Å². The van der Waals surface area contributed by atoms with Crippen molar-refractivity contribution in [1.29, 1.82) is 0 Å². The third-order valence-electron chi connectivity index (χ3n) is 1.74. The SMILES string of the molecule is CCN=C1Nc2sc(Cl)cc2S(=O)(=O)N1. The number of nitrogens with zero attached hydrogens (tertiary/aromatic N) is 1. The Morgan fingerprint density at radius 3 is 3.00 bits per heavy atom. The summed E-state index contributed by atoms with van der Waals surface area (Å²) in [5.74, 6) is 0.239. The van der Waals surface area contributed by atoms with E-state index in [0.717, 1.165) is 0 Å². The van der Waals surface area contributed by atoms with Gasteiger partial charge in [-0.3, -0.25) is 4.99 Å². The molecular formula is C7H8ClN3O2S2. The Morgan fingerprint density at radius 2 is 2.33 bits per heavy atom. The molecule has 0 atom stereocenters. The minimum absolute atomic E-state index is 0.174. The summed E-state index contributed by atoms with van der Waals surface area (Å²) in [6.07, 6.45) is 0. The highest BCUT2D eigenvalue weighted by Crippen LogP contribution is 2.36. The van der Waals surface area contributed by atoms with Crippen molar-refractivity contribution >= 4 is 43.9 Å². The number of guanidine groups is 1. The molecule has 8 heteroatoms. The third kappa shape index (κ3) is 1.95. The van der Waals surface area contributed by atoms with Gasteiger partial charge in [-0.05, 0) is 13.0 Å². The van der Waals surface area contributed by atoms with Crippen LogP contribution in [0, 0.1) is 0 Å². The van der Waals surface area contributed by atoms with Crippen molar-refractivity contribution in [3.63, 3.8) is 0 Å². The number of rotatable bonds is 1. The van der Waals surface area contributed by atoms with Crippen molar-refractivity contribution in [1.82, 2.24) is 4.72 Å². The third-order valence-corrected chi connectivity index (χ3v) is 4.41. The highest BCUT2D eigenvalue weighted by atomic mass is 35.5. The average molecular weight is 266 g/mol. The molecule has 0 saturated heterocycles. The normalized spacial score (nSPS) is 20.5. The van der Waals surface area contributed by atoms with Gasteiger partial charge in [-0.1, -0.05) is 11.6 Å². The first kappa shape index (κ1) is 10.7. The number of sulfonamides is 1. The van der Waals surface area contributed by atoms with Crippen LogP contribution < -0.4 is 10.0 Å². The fourth-order valence-electron chi connectivity index (χ4n) is 1.18. The molecule has 0 fully saturated rings. The first-order valence-electron chi connectivity index (χ1n) is 4.16. The molecule has 82 valence electrons. The molecule has 0 aromatic carbocycles. The van der Waals surface area contributed by atoms with Crippen molar-refractivity contribution in [3.8, 4) is 0 Å². The zero-order valence-electron chi connectivity index (χ0n) is 7.74. The fraction of sp³-hybridized carbons (Fsp3) is 0.286. The Morgan fingerprint density at radius 1 is 1.60 bits per heavy atom. The Bertz CT molecular complexity index is 520. The van der Waals surface area contributed by atoms with Crippen LogP contribution in [0.4, 0.5) is 5.00 Å². The molecule has 5 nitrogen and oxygen atoms in total. The van der Waals surface area contributed by atoms with Crippen LogP contribution in [-0.4, -0.2) is 20.9 Å². The molecule has 0 saturated carbocycles. The maximum atomic E-state index is 11.7. The van der Waals surface area contributed by atoms with Crippen LogP contribution in [0.2, 0.25) is 4.34 Å². The first-order chi connectivity index (χ1) is 7.03. The number of aliphatic imine (C=N–C) groups is 1. The van der Waals surface area contributed by atoms with E-state index in [1.165, 1.54) is 17.4 Å². The van der Waals surface area contributed by atoms with E-state index in [4.69, 9.17) is 11.6 Å². The molecule has 0 amide bonds. The summed E-state index contributed by atoms with van der Waals surface area (Å²) in [5.41, 5.74) is 0. The van der Waals surface area contributed by atoms with Gasteiger partial charge in [0.15, 0.2) is 0 Å². The Labute approximate surface area is 96.2 Å². The van der Waals surface area contributed by atoms with Crippen LogP contribution in [0.25, 0.3) is 0 Å². The van der Waals surface area contributed by atoms with E-state index in [9.17, 15) is 8.42 Å². The van der Waals surface area contributed by atoms with Crippen molar-refractivity contribution in [2.45, 2.75) is 11.8 Å². The molecule has 1 aliphatic heterocycles. The molecular weight excluding hydrogens is 258 g/mol. The number of thiophene rings is 1. The van der Waals surface area contributed by atoms with Gasteiger partial charge in [-0.2, -0.15) is 0 Å². The van der Waals surface area contributed by atoms with Gasteiger partial charge < -0.3 is 5.32 Å². The molecule has 0 aliphatic carbocycles. The molecule has 0 radical (unpaired) electrons. The lowest BCUT2D eigenvalue weighted by atomic mass is 10.6. The molecule has 2 heterocycles. The largest absolute Gasteiger partial charge is 0.316 e. The second-order valence-electron chi connectivity index (χ2n) is 2.80. The van der Waals surface area contributed by atoms with E-state index in [1.54, 1.807) is 0 Å². The highest BCUT2D eigenvalue weighted by Gasteiger charge is 2.28. The molecule has 1 aliphatic rings. The first-order valence-corrected chi connectivity index (χ1v) is 6.84. The van der Waals surface area contributed by atoms with Crippen LogP contribution in [-0.2, 0) is 10.0 Å². The topological polar surface area (TPSA) is 70.6 Å². The quantitative estimate of drug-likeness (QED) is 0.808. The molecule has 2 rings (SSSR count). The fourth-order valence-corrected chi connectivity index (χ4v) is 3.84. The van der Waals surface area contributed by atoms with E-state index in [2.05, 4.69) is 15.0 Å². The van der Waals surface area contributed by atoms with Crippen molar-refractivity contribution in [2.24, 2.45) is 4.99 Å². The Hall–Kier alpha value is -0.790. The lowest BCUT2D eigenvalue weighted by molar-refractivity contribution is 0.592. The summed E-state index contributed by atoms with van der Waals surface area (Å²) in [6, 6.07) is 1.42. The summed E-state index contributed by atoms with van der Waals surface area (Å²) in [4.78, 5) is 4.14. The van der Waals surface area contributed by atoms with E-state index in [1.807, 2.05) is 6.92 Å². The predicted molar refractivity (Wildman–Crippen MR) is 61.2 cm³/mol. The molecule has 0 spiro atoms. The minimum atomic E-state index is -3.51. The summed E-state index contributed by atoms with van der Waals surface area (Å²) < 4.78 is 26.1. The number of fused-ring (bicyclic) bond motifs is 1. The smallest absolute Gasteiger partial charge is 0.267 e. The Balaban J connectivity index is 2.53. The number of nitrogens with one attached hydrogen (secondary N) is 2. The molecule has 0 bridgehead atoms. The predicted octanol–water partition coefficient (Wildman–Crippen LogP) is 1.48. The van der Waals surface area contributed by atoms with Crippen LogP contribution in [0.15, 0.2) is 16.0 Å². The van der Waals surface area contributed by atoms with Gasteiger partial charge in [0.2, 0.25) is 5.96 Å². The minimum Gasteiger partial charge on any atom is -0.316 e. The van der Waals surface area contributed by atoms with Crippen LogP contribution in [0.5, 0.6) is 0 Å². The maximum Gasteiger partial charge on any atom is 0.267 e. The standard InChI is InChI=1S/C7H8ClN3O2S2/c1-2-9-7-10-6-4(3-5(8)14-6)15(12,13)11-7/h3H,2H2,1H3,(H2,9,10,11). The number of halogens is 1. The molecule has 2 N–H and O–H groups in total. The lowest BCUT2D eigenvalue weighted by Gasteiger charge is -2.17. The molecule has 1 aromatic heterocycles. The van der Waals surface area contributed by atoms with E-state index in [0.29, 0.717) is 15.9 Å². The van der Waals surface area contributed by atoms with Crippen LogP contribution >= 0.6 is 22.9 Å². The van der Waals surface area contributed by atoms with Gasteiger partial charge in [-0.15, -0.1) is 11.3 Å². The Kier molecular flexibility index (Phi) is 2.61. The van der Waals surface area contributed by atoms with E-state index >= 15 is 0 Å². The van der Waals surface area contributed by atoms with Crippen LogP contribution in [0.3, 0.4) is 0 Å². The van der Waals surface area contributed by atoms with E-state index in [-0.39, 0.29) is 10.9 Å². The van der Waals surface area contributed by atoms with Gasteiger partial charge in [0.1, 0.15) is 9.90 Å². The zero-order valence-corrected chi connectivity index (χ0v) is 10.1. The number of anilines is 1. The molecule has 1 aromatic rings. The second kappa shape index (κ2) is 3.66. The van der Waals surface area contributed by atoms with Crippen molar-refractivity contribution in [3.05, 3.63) is 10.4 Å². The zero-order chi connectivity index (χ0) is 11.1. The molecule has 15 heavy (non-hydrogen) atoms. The van der Waals surface area contributed by atoms with Gasteiger partial charge in [-0.25, -0.2) is 13.1 Å². The number of hydrogen-bond donors (Lipinski definition) is 2.